The van der Waals surface area contributed by atoms with Crippen molar-refractivity contribution in [2.24, 2.45) is 0 Å². The molecule has 0 spiro atoms. The average molecular weight is 313 g/mol. The molecule has 23 heavy (non-hydrogen) atoms. The molecule has 0 amide bonds. The molecule has 2 aromatic heterocycles. The molecular formula is C16H19N5O2. The first-order valence-electron chi connectivity index (χ1n) is 7.90. The van der Waals surface area contributed by atoms with Gasteiger partial charge in [0.2, 0.25) is 0 Å². The number of nitrogens with zero attached hydrogens (tertiary/aromatic N) is 5. The molecule has 7 nitrogen and oxygen atoms in total. The van der Waals surface area contributed by atoms with Crippen molar-refractivity contribution < 1.29 is 9.37 Å². The molecule has 1 fully saturated rings. The minimum Gasteiger partial charge on any atom is -0.375 e. The molecule has 0 aliphatic carbocycles. The lowest BCUT2D eigenvalue weighted by atomic mass is 10.1. The average Bonchev–Trinajstić information content (AvgIpc) is 3.18. The van der Waals surface area contributed by atoms with Crippen molar-refractivity contribution in [2.45, 2.75) is 25.6 Å². The lowest BCUT2D eigenvalue weighted by molar-refractivity contribution is 0.0391. The minimum atomic E-state index is 0.145. The third-order valence-corrected chi connectivity index (χ3v) is 4.15. The highest BCUT2D eigenvalue weighted by molar-refractivity contribution is 5.76. The lowest BCUT2D eigenvalue weighted by Gasteiger charge is -2.23. The Morgan fingerprint density at radius 2 is 2.22 bits per heavy atom. The van der Waals surface area contributed by atoms with Gasteiger partial charge in [-0.2, -0.15) is 5.10 Å². The molecule has 0 bridgehead atoms. The number of aromatic nitrogens is 4. The molecule has 1 aliphatic heterocycles. The molecule has 0 saturated carbocycles. The topological polar surface area (TPSA) is 69.2 Å². The van der Waals surface area contributed by atoms with Crippen LogP contribution in [0.4, 0.5) is 0 Å². The van der Waals surface area contributed by atoms with Crippen molar-refractivity contribution in [1.82, 2.24) is 25.0 Å². The largest absolute Gasteiger partial charge is 0.375 e. The van der Waals surface area contributed by atoms with Gasteiger partial charge in [0.25, 0.3) is 0 Å². The van der Waals surface area contributed by atoms with E-state index < -0.39 is 0 Å². The van der Waals surface area contributed by atoms with Crippen molar-refractivity contribution in [3.05, 3.63) is 42.2 Å². The number of fused-ring (bicyclic) bond motifs is 1. The van der Waals surface area contributed by atoms with Gasteiger partial charge >= 0.3 is 0 Å². The first-order valence-corrected chi connectivity index (χ1v) is 7.90. The van der Waals surface area contributed by atoms with Crippen molar-refractivity contribution >= 4 is 11.0 Å². The number of hydrogen-bond acceptors (Lipinski definition) is 6. The van der Waals surface area contributed by atoms with E-state index in [1.165, 1.54) is 0 Å². The Labute approximate surface area is 133 Å². The van der Waals surface area contributed by atoms with Crippen LogP contribution in [0, 0.1) is 0 Å². The van der Waals surface area contributed by atoms with Crippen LogP contribution in [0.25, 0.3) is 11.0 Å². The summed E-state index contributed by atoms with van der Waals surface area (Å²) in [5.41, 5.74) is 2.80. The molecule has 120 valence electrons. The van der Waals surface area contributed by atoms with E-state index in [1.807, 2.05) is 29.1 Å². The van der Waals surface area contributed by atoms with Gasteiger partial charge in [-0.25, -0.2) is 4.63 Å². The molecule has 3 heterocycles. The maximum absolute atomic E-state index is 5.97. The molecule has 7 heteroatoms. The van der Waals surface area contributed by atoms with E-state index in [1.54, 1.807) is 6.20 Å². The van der Waals surface area contributed by atoms with E-state index in [0.29, 0.717) is 0 Å². The normalized spacial score (nSPS) is 19.9. The van der Waals surface area contributed by atoms with Gasteiger partial charge in [0.15, 0.2) is 0 Å². The second kappa shape index (κ2) is 6.47. The van der Waals surface area contributed by atoms with Crippen LogP contribution in [-0.4, -0.2) is 50.8 Å². The Bertz CT molecular complexity index is 755. The Hall–Kier alpha value is -2.25. The fourth-order valence-corrected chi connectivity index (χ4v) is 3.07. The van der Waals surface area contributed by atoms with Crippen LogP contribution in [0.5, 0.6) is 0 Å². The summed E-state index contributed by atoms with van der Waals surface area (Å²) in [4.78, 5) is 2.41. The Morgan fingerprint density at radius 1 is 1.22 bits per heavy atom. The third kappa shape index (κ3) is 3.25. The molecule has 1 aliphatic rings. The van der Waals surface area contributed by atoms with Gasteiger partial charge in [-0.3, -0.25) is 9.58 Å². The van der Waals surface area contributed by atoms with E-state index in [0.717, 1.165) is 55.8 Å². The van der Waals surface area contributed by atoms with Gasteiger partial charge in [0.05, 0.1) is 12.6 Å². The monoisotopic (exact) mass is 313 g/mol. The summed E-state index contributed by atoms with van der Waals surface area (Å²) in [5.74, 6) is 0. The van der Waals surface area contributed by atoms with Crippen molar-refractivity contribution in [3.63, 3.8) is 0 Å². The van der Waals surface area contributed by atoms with Gasteiger partial charge in [-0.05, 0) is 34.4 Å². The minimum absolute atomic E-state index is 0.145. The van der Waals surface area contributed by atoms with Crippen molar-refractivity contribution in [3.8, 4) is 0 Å². The van der Waals surface area contributed by atoms with Crippen LogP contribution in [0.15, 0.2) is 41.3 Å². The lowest BCUT2D eigenvalue weighted by Crippen LogP contribution is -2.34. The molecule has 1 atom stereocenters. The first kappa shape index (κ1) is 14.3. The highest BCUT2D eigenvalue weighted by Gasteiger charge is 2.20. The van der Waals surface area contributed by atoms with E-state index in [-0.39, 0.29) is 6.10 Å². The zero-order valence-electron chi connectivity index (χ0n) is 12.8. The molecule has 0 radical (unpaired) electrons. The first-order chi connectivity index (χ1) is 11.4. The van der Waals surface area contributed by atoms with Crippen LogP contribution in [0.2, 0.25) is 0 Å². The van der Waals surface area contributed by atoms with Crippen LogP contribution in [0.1, 0.15) is 12.0 Å². The molecule has 4 rings (SSSR count). The highest BCUT2D eigenvalue weighted by Crippen LogP contribution is 2.18. The highest BCUT2D eigenvalue weighted by atomic mass is 16.6. The molecule has 1 aromatic carbocycles. The quantitative estimate of drug-likeness (QED) is 0.730. The summed E-state index contributed by atoms with van der Waals surface area (Å²) < 4.78 is 12.8. The van der Waals surface area contributed by atoms with Gasteiger partial charge in [-0.1, -0.05) is 12.1 Å². The molecular weight excluding hydrogens is 294 g/mol. The number of benzene rings is 1. The maximum Gasteiger partial charge on any atom is 0.139 e. The van der Waals surface area contributed by atoms with Gasteiger partial charge in [-0.15, -0.1) is 0 Å². The van der Waals surface area contributed by atoms with Crippen molar-refractivity contribution in [1.29, 1.82) is 0 Å². The summed E-state index contributed by atoms with van der Waals surface area (Å²) >= 11 is 0. The van der Waals surface area contributed by atoms with Gasteiger partial charge < -0.3 is 4.74 Å². The summed E-state index contributed by atoms with van der Waals surface area (Å²) in [7, 11) is 0. The number of rotatable bonds is 4. The molecule has 1 saturated heterocycles. The predicted molar refractivity (Wildman–Crippen MR) is 83.7 cm³/mol. The smallest absolute Gasteiger partial charge is 0.139 e. The van der Waals surface area contributed by atoms with Crippen LogP contribution in [-0.2, 0) is 17.8 Å². The second-order valence-corrected chi connectivity index (χ2v) is 5.86. The Balaban J connectivity index is 1.48. The SMILES string of the molecule is c1cc(CN2CCCOC(Cn3cccn3)C2)c2nonc2c1. The van der Waals surface area contributed by atoms with E-state index >= 15 is 0 Å². The van der Waals surface area contributed by atoms with Crippen LogP contribution in [0.3, 0.4) is 0 Å². The fraction of sp³-hybridized carbons (Fsp3) is 0.438. The van der Waals surface area contributed by atoms with Crippen molar-refractivity contribution in [2.75, 3.05) is 19.7 Å². The molecule has 0 N–H and O–H groups in total. The Kier molecular flexibility index (Phi) is 4.04. The predicted octanol–water partition coefficient (Wildman–Crippen LogP) is 1.71. The van der Waals surface area contributed by atoms with Crippen LogP contribution >= 0.6 is 0 Å². The maximum atomic E-state index is 5.97. The zero-order valence-corrected chi connectivity index (χ0v) is 12.8. The van der Waals surface area contributed by atoms with E-state index in [4.69, 9.17) is 9.37 Å². The Morgan fingerprint density at radius 3 is 3.13 bits per heavy atom. The van der Waals surface area contributed by atoms with E-state index in [2.05, 4.69) is 26.4 Å². The van der Waals surface area contributed by atoms with E-state index in [9.17, 15) is 0 Å². The summed E-state index contributed by atoms with van der Waals surface area (Å²) in [6.45, 7) is 4.28. The second-order valence-electron chi connectivity index (χ2n) is 5.86. The summed E-state index contributed by atoms with van der Waals surface area (Å²) in [5, 5.41) is 12.2. The number of hydrogen-bond donors (Lipinski definition) is 0. The fourth-order valence-electron chi connectivity index (χ4n) is 3.07. The molecule has 3 aromatic rings. The number of ether oxygens (including phenoxy) is 1. The summed E-state index contributed by atoms with van der Waals surface area (Å²) in [6, 6.07) is 7.94. The zero-order chi connectivity index (χ0) is 15.5. The molecule has 1 unspecified atom stereocenters. The third-order valence-electron chi connectivity index (χ3n) is 4.15. The van der Waals surface area contributed by atoms with Gasteiger partial charge in [0, 0.05) is 38.6 Å². The summed E-state index contributed by atoms with van der Waals surface area (Å²) in [6.07, 6.45) is 4.95. The van der Waals surface area contributed by atoms with Crippen LogP contribution < -0.4 is 0 Å². The standard InChI is InChI=1S/C16H19N5O2/c1-4-13(16-15(5-1)18-23-19-16)10-20-7-3-9-22-14(11-20)12-21-8-2-6-17-21/h1-2,4-6,8,14H,3,7,9-12H2. The van der Waals surface area contributed by atoms with Gasteiger partial charge in [0.1, 0.15) is 11.0 Å².